The van der Waals surface area contributed by atoms with E-state index in [2.05, 4.69) is 20.2 Å². The largest absolute Gasteiger partial charge is 0.433 e. The van der Waals surface area contributed by atoms with E-state index in [0.29, 0.717) is 6.42 Å². The number of alkyl halides is 3. The second-order valence-electron chi connectivity index (χ2n) is 6.77. The molecule has 1 fully saturated rings. The minimum absolute atomic E-state index is 0.0873. The molecule has 1 aliphatic rings. The van der Waals surface area contributed by atoms with Gasteiger partial charge < -0.3 is 10.2 Å². The highest BCUT2D eigenvalue weighted by molar-refractivity contribution is 5.76. The van der Waals surface area contributed by atoms with E-state index in [1.54, 1.807) is 0 Å². The van der Waals surface area contributed by atoms with Gasteiger partial charge in [-0.1, -0.05) is 19.3 Å². The third kappa shape index (κ3) is 7.27. The number of amides is 1. The van der Waals surface area contributed by atoms with Gasteiger partial charge in [-0.15, -0.1) is 0 Å². The summed E-state index contributed by atoms with van der Waals surface area (Å²) in [4.78, 5) is 21.8. The van der Waals surface area contributed by atoms with Crippen molar-refractivity contribution in [1.29, 1.82) is 0 Å². The first-order valence-corrected chi connectivity index (χ1v) is 9.25. The Bertz CT molecular complexity index is 584. The van der Waals surface area contributed by atoms with Crippen LogP contribution in [0.1, 0.15) is 55.7 Å². The highest BCUT2D eigenvalue weighted by Crippen LogP contribution is 2.27. The lowest BCUT2D eigenvalue weighted by molar-refractivity contribution is -0.141. The number of likely N-dealkylation sites (tertiary alicyclic amines) is 1. The molecule has 0 bridgehead atoms. The van der Waals surface area contributed by atoms with Gasteiger partial charge in [-0.2, -0.15) is 13.2 Å². The van der Waals surface area contributed by atoms with Crippen molar-refractivity contribution in [2.45, 2.75) is 58.0 Å². The lowest BCUT2D eigenvalue weighted by Crippen LogP contribution is -2.33. The van der Waals surface area contributed by atoms with Crippen LogP contribution in [-0.4, -0.2) is 47.0 Å². The van der Waals surface area contributed by atoms with Gasteiger partial charge in [-0.3, -0.25) is 4.79 Å². The normalized spacial score (nSPS) is 16.8. The molecule has 8 heteroatoms. The first-order valence-electron chi connectivity index (χ1n) is 9.25. The van der Waals surface area contributed by atoms with E-state index in [4.69, 9.17) is 0 Å². The smallest absolute Gasteiger partial charge is 0.356 e. The average Bonchev–Trinajstić information content (AvgIpc) is 2.52. The first-order chi connectivity index (χ1) is 12.3. The van der Waals surface area contributed by atoms with Crippen molar-refractivity contribution in [1.82, 2.24) is 20.2 Å². The molecule has 1 N–H and O–H groups in total. The summed E-state index contributed by atoms with van der Waals surface area (Å²) in [5.74, 6) is 0.0113. The number of rotatable bonds is 6. The molecule has 2 rings (SSSR count). The van der Waals surface area contributed by atoms with Crippen molar-refractivity contribution in [2.75, 3.05) is 26.2 Å². The van der Waals surface area contributed by atoms with E-state index in [1.165, 1.54) is 39.0 Å². The van der Waals surface area contributed by atoms with Crippen LogP contribution in [-0.2, 0) is 17.4 Å². The van der Waals surface area contributed by atoms with Gasteiger partial charge in [-0.25, -0.2) is 9.97 Å². The number of hydrogen-bond acceptors (Lipinski definition) is 4. The van der Waals surface area contributed by atoms with E-state index < -0.39 is 11.9 Å². The van der Waals surface area contributed by atoms with Crippen LogP contribution >= 0.6 is 0 Å². The molecule has 1 amide bonds. The molecule has 0 radical (unpaired) electrons. The average molecular weight is 372 g/mol. The molecule has 2 heterocycles. The standard InChI is InChI=1S/C18H27F3N4O/c1-14-13-15(18(19,20)21)24-16(23-14)7-9-22-17(26)8-12-25-10-5-3-2-4-6-11-25/h13H,2-12H2,1H3,(H,22,26). The molecule has 1 saturated heterocycles. The maximum atomic E-state index is 12.8. The van der Waals surface area contributed by atoms with Gasteiger partial charge in [-0.05, 0) is 38.9 Å². The van der Waals surface area contributed by atoms with E-state index in [1.807, 2.05) is 0 Å². The Morgan fingerprint density at radius 2 is 1.81 bits per heavy atom. The Balaban J connectivity index is 1.73. The molecule has 0 saturated carbocycles. The van der Waals surface area contributed by atoms with Crippen LogP contribution in [0.2, 0.25) is 0 Å². The third-order valence-electron chi connectivity index (χ3n) is 4.47. The zero-order chi connectivity index (χ0) is 19.0. The molecule has 0 atom stereocenters. The summed E-state index contributed by atoms with van der Waals surface area (Å²) < 4.78 is 38.3. The molecule has 1 aromatic rings. The molecule has 1 aliphatic heterocycles. The summed E-state index contributed by atoms with van der Waals surface area (Å²) >= 11 is 0. The zero-order valence-corrected chi connectivity index (χ0v) is 15.2. The van der Waals surface area contributed by atoms with E-state index in [-0.39, 0.29) is 30.4 Å². The summed E-state index contributed by atoms with van der Waals surface area (Å²) in [6.07, 6.45) is 2.24. The van der Waals surface area contributed by atoms with Crippen LogP contribution < -0.4 is 5.32 Å². The first kappa shape index (κ1) is 20.6. The minimum atomic E-state index is -4.49. The van der Waals surface area contributed by atoms with Crippen molar-refractivity contribution < 1.29 is 18.0 Å². The fourth-order valence-electron chi connectivity index (χ4n) is 3.09. The molecule has 146 valence electrons. The number of carbonyl (C=O) groups excluding carboxylic acids is 1. The van der Waals surface area contributed by atoms with Crippen molar-refractivity contribution >= 4 is 5.91 Å². The predicted octanol–water partition coefficient (Wildman–Crippen LogP) is 3.12. The van der Waals surface area contributed by atoms with Gasteiger partial charge in [0.05, 0.1) is 0 Å². The number of hydrogen-bond donors (Lipinski definition) is 1. The monoisotopic (exact) mass is 372 g/mol. The van der Waals surface area contributed by atoms with Gasteiger partial charge in [0.25, 0.3) is 0 Å². The molecular formula is C18H27F3N4O. The van der Waals surface area contributed by atoms with Gasteiger partial charge >= 0.3 is 6.18 Å². The SMILES string of the molecule is Cc1cc(C(F)(F)F)nc(CCNC(=O)CCN2CCCCCCC2)n1. The quantitative estimate of drug-likeness (QED) is 0.834. The molecule has 5 nitrogen and oxygen atoms in total. The fraction of sp³-hybridized carbons (Fsp3) is 0.722. The van der Waals surface area contributed by atoms with Crippen LogP contribution in [0.5, 0.6) is 0 Å². The van der Waals surface area contributed by atoms with Gasteiger partial charge in [0, 0.05) is 31.6 Å². The Kier molecular flexibility index (Phi) is 7.81. The second-order valence-corrected chi connectivity index (χ2v) is 6.77. The summed E-state index contributed by atoms with van der Waals surface area (Å²) in [7, 11) is 0. The maximum Gasteiger partial charge on any atom is 0.433 e. The number of aryl methyl sites for hydroxylation is 1. The molecule has 0 unspecified atom stereocenters. The second kappa shape index (κ2) is 9.85. The summed E-state index contributed by atoms with van der Waals surface area (Å²) in [6, 6.07) is 0.922. The highest BCUT2D eigenvalue weighted by atomic mass is 19.4. The predicted molar refractivity (Wildman–Crippen MR) is 92.6 cm³/mol. The van der Waals surface area contributed by atoms with E-state index in [9.17, 15) is 18.0 Å². The Morgan fingerprint density at radius 3 is 2.46 bits per heavy atom. The zero-order valence-electron chi connectivity index (χ0n) is 15.2. The van der Waals surface area contributed by atoms with Crippen molar-refractivity contribution in [3.8, 4) is 0 Å². The van der Waals surface area contributed by atoms with E-state index >= 15 is 0 Å². The molecule has 0 aliphatic carbocycles. The fourth-order valence-corrected chi connectivity index (χ4v) is 3.09. The van der Waals surface area contributed by atoms with Crippen LogP contribution in [0.4, 0.5) is 13.2 Å². The van der Waals surface area contributed by atoms with Crippen molar-refractivity contribution in [2.24, 2.45) is 0 Å². The number of carbonyl (C=O) groups is 1. The topological polar surface area (TPSA) is 58.1 Å². The summed E-state index contributed by atoms with van der Waals surface area (Å²) in [5.41, 5.74) is -0.672. The molecule has 26 heavy (non-hydrogen) atoms. The lowest BCUT2D eigenvalue weighted by Gasteiger charge is -2.24. The highest BCUT2D eigenvalue weighted by Gasteiger charge is 2.33. The number of nitrogens with one attached hydrogen (secondary N) is 1. The molecule has 0 aromatic carbocycles. The Hall–Kier alpha value is -1.70. The van der Waals surface area contributed by atoms with E-state index in [0.717, 1.165) is 25.7 Å². The van der Waals surface area contributed by atoms with Crippen LogP contribution in [0, 0.1) is 6.92 Å². The lowest BCUT2D eigenvalue weighted by atomic mass is 10.1. The minimum Gasteiger partial charge on any atom is -0.356 e. The van der Waals surface area contributed by atoms with Crippen LogP contribution in [0.15, 0.2) is 6.07 Å². The van der Waals surface area contributed by atoms with Crippen molar-refractivity contribution in [3.05, 3.63) is 23.3 Å². The van der Waals surface area contributed by atoms with Gasteiger partial charge in [0.2, 0.25) is 5.91 Å². The number of nitrogens with zero attached hydrogens (tertiary/aromatic N) is 3. The number of aromatic nitrogens is 2. The Morgan fingerprint density at radius 1 is 1.15 bits per heavy atom. The van der Waals surface area contributed by atoms with Gasteiger partial charge in [0.1, 0.15) is 11.5 Å². The maximum absolute atomic E-state index is 12.8. The van der Waals surface area contributed by atoms with Crippen LogP contribution in [0.25, 0.3) is 0 Å². The third-order valence-corrected chi connectivity index (χ3v) is 4.47. The van der Waals surface area contributed by atoms with Gasteiger partial charge in [0.15, 0.2) is 0 Å². The Labute approximate surface area is 152 Å². The summed E-state index contributed by atoms with van der Waals surface area (Å²) in [5, 5.41) is 2.75. The van der Waals surface area contributed by atoms with Crippen LogP contribution in [0.3, 0.4) is 0 Å². The molecule has 1 aromatic heterocycles. The van der Waals surface area contributed by atoms with Crippen molar-refractivity contribution in [3.63, 3.8) is 0 Å². The summed E-state index contributed by atoms with van der Waals surface area (Å²) in [6.45, 7) is 4.53. The number of halogens is 3. The molecule has 0 spiro atoms. The molecular weight excluding hydrogens is 345 g/mol.